The number of fused-ring (bicyclic) bond motifs is 1. The van der Waals surface area contributed by atoms with Crippen LogP contribution in [0.3, 0.4) is 0 Å². The third-order valence-electron chi connectivity index (χ3n) is 5.52. The molecule has 0 fully saturated rings. The van der Waals surface area contributed by atoms with Crippen LogP contribution in [0, 0.1) is 0 Å². The van der Waals surface area contributed by atoms with Gasteiger partial charge in [0, 0.05) is 22.2 Å². The molecule has 31 heavy (non-hydrogen) atoms. The molecule has 1 atom stereocenters. The lowest BCUT2D eigenvalue weighted by Crippen LogP contribution is -2.31. The summed E-state index contributed by atoms with van der Waals surface area (Å²) in [4.78, 5) is 12.8. The molecule has 0 saturated heterocycles. The number of rotatable bonds is 5. The van der Waals surface area contributed by atoms with Gasteiger partial charge in [0.1, 0.15) is 12.6 Å². The molecular weight excluding hydrogens is 462 g/mol. The monoisotopic (exact) mass is 481 g/mol. The Kier molecular flexibility index (Phi) is 5.19. The third kappa shape index (κ3) is 3.69. The van der Waals surface area contributed by atoms with Crippen LogP contribution in [0.15, 0.2) is 58.2 Å². The summed E-state index contributed by atoms with van der Waals surface area (Å²) in [7, 11) is 1.60. The van der Waals surface area contributed by atoms with E-state index in [2.05, 4.69) is 36.8 Å². The standard InChI is InChI=1S/C22H20BrN5O3/c1-30-19-11-14(8-9-18(19)31-12-13-4-2-5-15(23)10-13)21-20-16(6-3-7-17(20)29)24-22-25-26-27-28(21)22/h2,4-5,8-11,21H,3,6-7,12H2,1H3,(H,24,25,27). The Morgan fingerprint density at radius 1 is 1.19 bits per heavy atom. The molecule has 0 amide bonds. The lowest BCUT2D eigenvalue weighted by atomic mass is 9.85. The molecule has 2 heterocycles. The average molecular weight is 482 g/mol. The average Bonchev–Trinajstić information content (AvgIpc) is 3.24. The van der Waals surface area contributed by atoms with Crippen LogP contribution in [-0.2, 0) is 11.4 Å². The lowest BCUT2D eigenvalue weighted by molar-refractivity contribution is -0.116. The van der Waals surface area contributed by atoms with E-state index in [0.717, 1.165) is 39.7 Å². The Morgan fingerprint density at radius 2 is 2.10 bits per heavy atom. The summed E-state index contributed by atoms with van der Waals surface area (Å²) in [6.45, 7) is 0.410. The summed E-state index contributed by atoms with van der Waals surface area (Å²) in [5.74, 6) is 1.87. The maximum absolute atomic E-state index is 12.8. The predicted molar refractivity (Wildman–Crippen MR) is 117 cm³/mol. The zero-order valence-corrected chi connectivity index (χ0v) is 18.4. The molecule has 1 N–H and O–H groups in total. The van der Waals surface area contributed by atoms with Gasteiger partial charge < -0.3 is 14.8 Å². The molecule has 8 nitrogen and oxygen atoms in total. The molecule has 1 aromatic heterocycles. The fraction of sp³-hybridized carbons (Fsp3) is 0.273. The second kappa shape index (κ2) is 8.14. The first kappa shape index (κ1) is 19.7. The predicted octanol–water partition coefficient (Wildman–Crippen LogP) is 4.05. The van der Waals surface area contributed by atoms with E-state index >= 15 is 0 Å². The van der Waals surface area contributed by atoms with Crippen molar-refractivity contribution in [3.63, 3.8) is 0 Å². The summed E-state index contributed by atoms with van der Waals surface area (Å²) in [6, 6.07) is 13.3. The number of nitrogens with zero attached hydrogens (tertiary/aromatic N) is 4. The fourth-order valence-corrected chi connectivity index (χ4v) is 4.53. The van der Waals surface area contributed by atoms with E-state index in [-0.39, 0.29) is 5.78 Å². The number of Topliss-reactive ketones (excluding diaryl/α,β-unsaturated/α-hetero) is 1. The van der Waals surface area contributed by atoms with E-state index in [9.17, 15) is 4.79 Å². The maximum Gasteiger partial charge on any atom is 0.248 e. The summed E-state index contributed by atoms with van der Waals surface area (Å²) in [6.07, 6.45) is 2.15. The van der Waals surface area contributed by atoms with Crippen LogP contribution < -0.4 is 14.8 Å². The molecule has 1 aliphatic heterocycles. The Balaban J connectivity index is 1.49. The molecule has 2 aliphatic rings. The number of tetrazole rings is 1. The van der Waals surface area contributed by atoms with E-state index in [1.54, 1.807) is 11.8 Å². The minimum atomic E-state index is -0.401. The highest BCUT2D eigenvalue weighted by atomic mass is 79.9. The van der Waals surface area contributed by atoms with Crippen LogP contribution in [0.5, 0.6) is 11.5 Å². The largest absolute Gasteiger partial charge is 0.493 e. The van der Waals surface area contributed by atoms with E-state index < -0.39 is 6.04 Å². The number of anilines is 1. The third-order valence-corrected chi connectivity index (χ3v) is 6.01. The van der Waals surface area contributed by atoms with Gasteiger partial charge >= 0.3 is 0 Å². The molecule has 5 rings (SSSR count). The number of allylic oxidation sites excluding steroid dienone is 2. The maximum atomic E-state index is 12.8. The van der Waals surface area contributed by atoms with Gasteiger partial charge in [-0.1, -0.05) is 39.2 Å². The summed E-state index contributed by atoms with van der Waals surface area (Å²) in [5, 5.41) is 15.2. The molecule has 9 heteroatoms. The minimum Gasteiger partial charge on any atom is -0.493 e. The second-order valence-corrected chi connectivity index (χ2v) is 8.39. The van der Waals surface area contributed by atoms with E-state index in [0.29, 0.717) is 30.5 Å². The SMILES string of the molecule is COc1cc(C2C3=C(CCCC3=O)Nc3nnnn32)ccc1OCc1cccc(Br)c1. The summed E-state index contributed by atoms with van der Waals surface area (Å²) >= 11 is 3.48. The van der Waals surface area contributed by atoms with Crippen molar-refractivity contribution in [2.75, 3.05) is 12.4 Å². The molecule has 0 bridgehead atoms. The Bertz CT molecular complexity index is 1190. The van der Waals surface area contributed by atoms with Gasteiger partial charge in [-0.15, -0.1) is 0 Å². The van der Waals surface area contributed by atoms with Crippen molar-refractivity contribution in [1.82, 2.24) is 20.2 Å². The van der Waals surface area contributed by atoms with Crippen molar-refractivity contribution in [1.29, 1.82) is 0 Å². The first-order valence-electron chi connectivity index (χ1n) is 10.0. The van der Waals surface area contributed by atoms with E-state index in [1.165, 1.54) is 0 Å². The van der Waals surface area contributed by atoms with Crippen molar-refractivity contribution in [2.45, 2.75) is 31.9 Å². The van der Waals surface area contributed by atoms with Crippen LogP contribution in [0.2, 0.25) is 0 Å². The van der Waals surface area contributed by atoms with Crippen LogP contribution in [0.25, 0.3) is 0 Å². The zero-order valence-electron chi connectivity index (χ0n) is 16.8. The van der Waals surface area contributed by atoms with Crippen LogP contribution in [0.1, 0.15) is 36.4 Å². The van der Waals surface area contributed by atoms with E-state index in [4.69, 9.17) is 9.47 Å². The van der Waals surface area contributed by atoms with Crippen LogP contribution in [-0.4, -0.2) is 33.1 Å². The lowest BCUT2D eigenvalue weighted by Gasteiger charge is -2.31. The number of hydrogen-bond donors (Lipinski definition) is 1. The number of ether oxygens (including phenoxy) is 2. The number of methoxy groups -OCH3 is 1. The van der Waals surface area contributed by atoms with Crippen molar-refractivity contribution < 1.29 is 14.3 Å². The van der Waals surface area contributed by atoms with Gasteiger partial charge in [-0.2, -0.15) is 4.68 Å². The molecule has 0 saturated carbocycles. The first-order valence-corrected chi connectivity index (χ1v) is 10.8. The number of carbonyl (C=O) groups is 1. The summed E-state index contributed by atoms with van der Waals surface area (Å²) in [5.41, 5.74) is 3.53. The zero-order chi connectivity index (χ0) is 21.4. The number of carbonyl (C=O) groups excluding carboxylic acids is 1. The molecule has 1 unspecified atom stereocenters. The second-order valence-electron chi connectivity index (χ2n) is 7.47. The number of benzene rings is 2. The number of nitrogens with one attached hydrogen (secondary N) is 1. The van der Waals surface area contributed by atoms with Gasteiger partial charge in [0.05, 0.1) is 7.11 Å². The smallest absolute Gasteiger partial charge is 0.248 e. The molecule has 1 aliphatic carbocycles. The molecule has 2 aromatic carbocycles. The number of ketones is 1. The van der Waals surface area contributed by atoms with Crippen molar-refractivity contribution in [3.8, 4) is 11.5 Å². The Morgan fingerprint density at radius 3 is 2.94 bits per heavy atom. The number of halogens is 1. The van der Waals surface area contributed by atoms with Crippen LogP contribution in [0.4, 0.5) is 5.95 Å². The quantitative estimate of drug-likeness (QED) is 0.587. The van der Waals surface area contributed by atoms with Gasteiger partial charge in [0.25, 0.3) is 0 Å². The number of aromatic nitrogens is 4. The molecule has 0 radical (unpaired) electrons. The molecule has 158 valence electrons. The topological polar surface area (TPSA) is 91.2 Å². The van der Waals surface area contributed by atoms with Crippen molar-refractivity contribution >= 4 is 27.7 Å². The highest BCUT2D eigenvalue weighted by Crippen LogP contribution is 2.41. The van der Waals surface area contributed by atoms with Crippen LogP contribution >= 0.6 is 15.9 Å². The minimum absolute atomic E-state index is 0.119. The van der Waals surface area contributed by atoms with Crippen molar-refractivity contribution in [2.24, 2.45) is 0 Å². The fourth-order valence-electron chi connectivity index (χ4n) is 4.09. The van der Waals surface area contributed by atoms with Gasteiger partial charge in [-0.3, -0.25) is 4.79 Å². The van der Waals surface area contributed by atoms with Gasteiger partial charge in [-0.05, 0) is 58.7 Å². The molecule has 0 spiro atoms. The van der Waals surface area contributed by atoms with Gasteiger partial charge in [-0.25, -0.2) is 0 Å². The summed E-state index contributed by atoms with van der Waals surface area (Å²) < 4.78 is 14.3. The highest BCUT2D eigenvalue weighted by molar-refractivity contribution is 9.10. The first-order chi connectivity index (χ1) is 15.1. The van der Waals surface area contributed by atoms with Crippen molar-refractivity contribution in [3.05, 3.63) is 69.3 Å². The Hall–Kier alpha value is -3.20. The highest BCUT2D eigenvalue weighted by Gasteiger charge is 2.36. The van der Waals surface area contributed by atoms with Gasteiger partial charge in [0.2, 0.25) is 5.95 Å². The molecule has 3 aromatic rings. The van der Waals surface area contributed by atoms with Gasteiger partial charge in [0.15, 0.2) is 17.3 Å². The molecular formula is C22H20BrN5O3. The number of hydrogen-bond acceptors (Lipinski definition) is 7. The Labute approximate surface area is 187 Å². The van der Waals surface area contributed by atoms with E-state index in [1.807, 2.05) is 42.5 Å². The normalized spacial score (nSPS) is 17.6.